The molecule has 0 saturated heterocycles. The van der Waals surface area contributed by atoms with E-state index in [1.54, 1.807) is 12.3 Å². The summed E-state index contributed by atoms with van der Waals surface area (Å²) in [5.41, 5.74) is 0.599. The molecule has 0 unspecified atom stereocenters. The molecular formula is C12H19N3OS. The van der Waals surface area contributed by atoms with E-state index in [9.17, 15) is 4.79 Å². The van der Waals surface area contributed by atoms with Gasteiger partial charge in [0.2, 0.25) is 0 Å². The largest absolute Gasteiger partial charge is 0.370 e. The van der Waals surface area contributed by atoms with Crippen LogP contribution in [0.2, 0.25) is 0 Å². The van der Waals surface area contributed by atoms with Crippen molar-refractivity contribution in [1.82, 2.24) is 10.3 Å². The Hall–Kier alpha value is -1.23. The number of aromatic nitrogens is 1. The number of carbonyl (C=O) groups is 1. The van der Waals surface area contributed by atoms with E-state index in [1.165, 1.54) is 0 Å². The van der Waals surface area contributed by atoms with E-state index < -0.39 is 0 Å². The van der Waals surface area contributed by atoms with Crippen LogP contribution in [0.15, 0.2) is 18.3 Å². The lowest BCUT2D eigenvalue weighted by atomic mass is 10.2. The van der Waals surface area contributed by atoms with E-state index in [0.717, 1.165) is 24.5 Å². The summed E-state index contributed by atoms with van der Waals surface area (Å²) in [4.78, 5) is 15.7. The SMILES string of the molecule is CCNC(=O)c1ccc(NCCCSC)nc1. The monoisotopic (exact) mass is 253 g/mol. The van der Waals surface area contributed by atoms with Crippen molar-refractivity contribution in [2.24, 2.45) is 0 Å². The summed E-state index contributed by atoms with van der Waals surface area (Å²) in [5.74, 6) is 1.89. The molecule has 0 aliphatic carbocycles. The van der Waals surface area contributed by atoms with E-state index in [1.807, 2.05) is 24.8 Å². The summed E-state index contributed by atoms with van der Waals surface area (Å²) in [6.07, 6.45) is 4.81. The molecule has 0 atom stereocenters. The number of hydrogen-bond donors (Lipinski definition) is 2. The van der Waals surface area contributed by atoms with Gasteiger partial charge < -0.3 is 10.6 Å². The third kappa shape index (κ3) is 5.08. The fourth-order valence-corrected chi connectivity index (χ4v) is 1.76. The molecule has 1 rings (SSSR count). The van der Waals surface area contributed by atoms with Gasteiger partial charge in [0.1, 0.15) is 5.82 Å². The van der Waals surface area contributed by atoms with Crippen LogP contribution in [-0.2, 0) is 0 Å². The molecule has 2 N–H and O–H groups in total. The van der Waals surface area contributed by atoms with Gasteiger partial charge in [-0.15, -0.1) is 0 Å². The van der Waals surface area contributed by atoms with Crippen LogP contribution in [0.4, 0.5) is 5.82 Å². The standard InChI is InChI=1S/C12H19N3OS/c1-3-13-12(16)10-5-6-11(15-9-10)14-7-4-8-17-2/h5-6,9H,3-4,7-8H2,1-2H3,(H,13,16)(H,14,15). The molecule has 1 aromatic rings. The van der Waals surface area contributed by atoms with Crippen molar-refractivity contribution in [2.45, 2.75) is 13.3 Å². The van der Waals surface area contributed by atoms with E-state index in [4.69, 9.17) is 0 Å². The van der Waals surface area contributed by atoms with E-state index in [0.29, 0.717) is 12.1 Å². The number of amides is 1. The number of anilines is 1. The van der Waals surface area contributed by atoms with Gasteiger partial charge in [-0.05, 0) is 37.5 Å². The molecule has 5 heteroatoms. The minimum absolute atomic E-state index is 0.0751. The van der Waals surface area contributed by atoms with Gasteiger partial charge in [-0.2, -0.15) is 11.8 Å². The van der Waals surface area contributed by atoms with Gasteiger partial charge in [0, 0.05) is 19.3 Å². The lowest BCUT2D eigenvalue weighted by Gasteiger charge is -2.06. The minimum Gasteiger partial charge on any atom is -0.370 e. The van der Waals surface area contributed by atoms with Crippen LogP contribution in [0.1, 0.15) is 23.7 Å². The van der Waals surface area contributed by atoms with Crippen LogP contribution in [0, 0.1) is 0 Å². The van der Waals surface area contributed by atoms with Crippen LogP contribution in [0.5, 0.6) is 0 Å². The highest BCUT2D eigenvalue weighted by molar-refractivity contribution is 7.98. The van der Waals surface area contributed by atoms with Gasteiger partial charge >= 0.3 is 0 Å². The van der Waals surface area contributed by atoms with Crippen molar-refractivity contribution in [3.8, 4) is 0 Å². The Labute approximate surface area is 107 Å². The summed E-state index contributed by atoms with van der Waals surface area (Å²) < 4.78 is 0. The van der Waals surface area contributed by atoms with Gasteiger partial charge in [0.15, 0.2) is 0 Å². The molecule has 0 aliphatic rings. The molecule has 1 aromatic heterocycles. The van der Waals surface area contributed by atoms with Crippen molar-refractivity contribution in [1.29, 1.82) is 0 Å². The molecule has 0 aromatic carbocycles. The molecule has 0 saturated carbocycles. The van der Waals surface area contributed by atoms with Crippen molar-refractivity contribution < 1.29 is 4.79 Å². The van der Waals surface area contributed by atoms with Crippen molar-refractivity contribution >= 4 is 23.5 Å². The van der Waals surface area contributed by atoms with Crippen LogP contribution in [-0.4, -0.2) is 36.0 Å². The lowest BCUT2D eigenvalue weighted by Crippen LogP contribution is -2.22. The van der Waals surface area contributed by atoms with Crippen LogP contribution >= 0.6 is 11.8 Å². The van der Waals surface area contributed by atoms with Gasteiger partial charge in [-0.25, -0.2) is 4.98 Å². The Morgan fingerprint density at radius 2 is 2.29 bits per heavy atom. The van der Waals surface area contributed by atoms with Crippen molar-refractivity contribution in [3.05, 3.63) is 23.9 Å². The smallest absolute Gasteiger partial charge is 0.252 e. The highest BCUT2D eigenvalue weighted by Gasteiger charge is 2.03. The first-order valence-corrected chi connectivity index (χ1v) is 7.14. The number of nitrogens with one attached hydrogen (secondary N) is 2. The predicted molar refractivity (Wildman–Crippen MR) is 73.7 cm³/mol. The first kappa shape index (κ1) is 13.8. The zero-order valence-corrected chi connectivity index (χ0v) is 11.1. The van der Waals surface area contributed by atoms with E-state index >= 15 is 0 Å². The highest BCUT2D eigenvalue weighted by atomic mass is 32.2. The topological polar surface area (TPSA) is 54.0 Å². The molecular weight excluding hydrogens is 234 g/mol. The average molecular weight is 253 g/mol. The molecule has 4 nitrogen and oxygen atoms in total. The Morgan fingerprint density at radius 3 is 2.88 bits per heavy atom. The second-order valence-corrected chi connectivity index (χ2v) is 4.55. The second-order valence-electron chi connectivity index (χ2n) is 3.56. The summed E-state index contributed by atoms with van der Waals surface area (Å²) >= 11 is 1.84. The Bertz CT molecular complexity index is 340. The normalized spacial score (nSPS) is 10.0. The zero-order chi connectivity index (χ0) is 12.5. The zero-order valence-electron chi connectivity index (χ0n) is 10.3. The first-order chi connectivity index (χ1) is 8.27. The molecule has 94 valence electrons. The van der Waals surface area contributed by atoms with Crippen LogP contribution < -0.4 is 10.6 Å². The molecule has 1 amide bonds. The fraction of sp³-hybridized carbons (Fsp3) is 0.500. The Kier molecular flexibility index (Phi) is 6.47. The van der Waals surface area contributed by atoms with E-state index in [-0.39, 0.29) is 5.91 Å². The molecule has 0 bridgehead atoms. The van der Waals surface area contributed by atoms with Gasteiger partial charge in [0.25, 0.3) is 5.91 Å². The van der Waals surface area contributed by atoms with E-state index in [2.05, 4.69) is 21.9 Å². The fourth-order valence-electron chi connectivity index (χ4n) is 1.33. The maximum absolute atomic E-state index is 11.5. The maximum Gasteiger partial charge on any atom is 0.252 e. The molecule has 0 fully saturated rings. The number of pyridine rings is 1. The third-order valence-electron chi connectivity index (χ3n) is 2.19. The number of nitrogens with zero attached hydrogens (tertiary/aromatic N) is 1. The minimum atomic E-state index is -0.0751. The quantitative estimate of drug-likeness (QED) is 0.730. The molecule has 17 heavy (non-hydrogen) atoms. The molecule has 0 radical (unpaired) electrons. The second kappa shape index (κ2) is 7.95. The molecule has 0 spiro atoms. The van der Waals surface area contributed by atoms with Crippen LogP contribution in [0.25, 0.3) is 0 Å². The first-order valence-electron chi connectivity index (χ1n) is 5.75. The van der Waals surface area contributed by atoms with Crippen LogP contribution in [0.3, 0.4) is 0 Å². The Morgan fingerprint density at radius 1 is 1.47 bits per heavy atom. The van der Waals surface area contributed by atoms with Gasteiger partial charge in [-0.1, -0.05) is 0 Å². The summed E-state index contributed by atoms with van der Waals surface area (Å²) in [6, 6.07) is 3.62. The summed E-state index contributed by atoms with van der Waals surface area (Å²) in [6.45, 7) is 3.44. The summed E-state index contributed by atoms with van der Waals surface area (Å²) in [7, 11) is 0. The lowest BCUT2D eigenvalue weighted by molar-refractivity contribution is 0.0955. The Balaban J connectivity index is 2.42. The number of thioether (sulfide) groups is 1. The van der Waals surface area contributed by atoms with Gasteiger partial charge in [0.05, 0.1) is 5.56 Å². The predicted octanol–water partition coefficient (Wildman–Crippen LogP) is 2.00. The maximum atomic E-state index is 11.5. The highest BCUT2D eigenvalue weighted by Crippen LogP contribution is 2.05. The number of hydrogen-bond acceptors (Lipinski definition) is 4. The molecule has 0 aliphatic heterocycles. The number of rotatable bonds is 7. The van der Waals surface area contributed by atoms with Crippen molar-refractivity contribution in [3.63, 3.8) is 0 Å². The average Bonchev–Trinajstić information content (AvgIpc) is 2.36. The van der Waals surface area contributed by atoms with Crippen molar-refractivity contribution in [2.75, 3.05) is 30.4 Å². The third-order valence-corrected chi connectivity index (χ3v) is 2.89. The summed E-state index contributed by atoms with van der Waals surface area (Å²) in [5, 5.41) is 5.96. The molecule has 1 heterocycles. The van der Waals surface area contributed by atoms with Gasteiger partial charge in [-0.3, -0.25) is 4.79 Å². The number of carbonyl (C=O) groups excluding carboxylic acids is 1.